The zero-order valence-corrected chi connectivity index (χ0v) is 9.83. The van der Waals surface area contributed by atoms with E-state index in [0.29, 0.717) is 0 Å². The van der Waals surface area contributed by atoms with Crippen LogP contribution in [0.25, 0.3) is 0 Å². The fourth-order valence-corrected chi connectivity index (χ4v) is 1.35. The Labute approximate surface area is 92.5 Å². The van der Waals surface area contributed by atoms with Crippen LogP contribution in [0.15, 0.2) is 12.7 Å². The Bertz CT molecular complexity index is 178. The first-order valence-electron chi connectivity index (χ1n) is 5.61. The molecule has 0 aliphatic heterocycles. The third kappa shape index (κ3) is 8.03. The number of hydrogen-bond acceptors (Lipinski definition) is 3. The average molecular weight is 214 g/mol. The Balaban J connectivity index is 3.52. The van der Waals surface area contributed by atoms with Crippen LogP contribution < -0.4 is 0 Å². The van der Waals surface area contributed by atoms with E-state index in [1.165, 1.54) is 32.8 Å². The van der Waals surface area contributed by atoms with Crippen molar-refractivity contribution in [2.75, 3.05) is 7.11 Å². The monoisotopic (exact) mass is 214 g/mol. The highest BCUT2D eigenvalue weighted by Crippen LogP contribution is 2.10. The molecule has 3 nitrogen and oxygen atoms in total. The van der Waals surface area contributed by atoms with Crippen molar-refractivity contribution < 1.29 is 14.3 Å². The van der Waals surface area contributed by atoms with Crippen molar-refractivity contribution in [3.05, 3.63) is 12.7 Å². The lowest BCUT2D eigenvalue weighted by Crippen LogP contribution is -2.15. The largest absolute Gasteiger partial charge is 0.508 e. The van der Waals surface area contributed by atoms with Gasteiger partial charge in [-0.3, -0.25) is 0 Å². The lowest BCUT2D eigenvalue weighted by molar-refractivity contribution is 0.0493. The summed E-state index contributed by atoms with van der Waals surface area (Å²) in [4.78, 5) is 10.8. The molecule has 0 amide bonds. The Morgan fingerprint density at radius 2 is 2.00 bits per heavy atom. The maximum absolute atomic E-state index is 10.8. The molecule has 0 bridgehead atoms. The summed E-state index contributed by atoms with van der Waals surface area (Å²) in [7, 11) is 1.31. The highest BCUT2D eigenvalue weighted by molar-refractivity contribution is 5.60. The Hall–Kier alpha value is -0.990. The molecule has 0 rings (SSSR count). The van der Waals surface area contributed by atoms with Gasteiger partial charge < -0.3 is 9.47 Å². The fourth-order valence-electron chi connectivity index (χ4n) is 1.35. The molecule has 1 atom stereocenters. The molecule has 0 aliphatic rings. The molecule has 0 saturated heterocycles. The molecule has 0 saturated carbocycles. The molecule has 0 aromatic heterocycles. The topological polar surface area (TPSA) is 35.5 Å². The van der Waals surface area contributed by atoms with E-state index in [-0.39, 0.29) is 6.10 Å². The number of ether oxygens (including phenoxy) is 2. The zero-order chi connectivity index (χ0) is 11.5. The van der Waals surface area contributed by atoms with Crippen LogP contribution >= 0.6 is 0 Å². The second kappa shape index (κ2) is 9.56. The van der Waals surface area contributed by atoms with Crippen molar-refractivity contribution in [1.82, 2.24) is 0 Å². The maximum atomic E-state index is 10.8. The molecule has 0 N–H and O–H groups in total. The minimum atomic E-state index is -0.631. The van der Waals surface area contributed by atoms with E-state index < -0.39 is 6.16 Å². The van der Waals surface area contributed by atoms with E-state index in [2.05, 4.69) is 18.2 Å². The first-order valence-corrected chi connectivity index (χ1v) is 5.61. The van der Waals surface area contributed by atoms with Gasteiger partial charge in [0, 0.05) is 0 Å². The van der Waals surface area contributed by atoms with Crippen LogP contribution in [-0.2, 0) is 9.47 Å². The minimum absolute atomic E-state index is 0.209. The standard InChI is InChI=1S/C12H22O3/c1-4-6-7-8-9-10-11(5-2)15-12(13)14-3/h5,11H,2,4,6-10H2,1,3H3. The zero-order valence-electron chi connectivity index (χ0n) is 9.83. The number of carbonyl (C=O) groups is 1. The number of hydrogen-bond donors (Lipinski definition) is 0. The van der Waals surface area contributed by atoms with Crippen molar-refractivity contribution in [2.24, 2.45) is 0 Å². The van der Waals surface area contributed by atoms with Crippen LogP contribution in [0.2, 0.25) is 0 Å². The molecule has 0 radical (unpaired) electrons. The predicted molar refractivity (Wildman–Crippen MR) is 60.9 cm³/mol. The highest BCUT2D eigenvalue weighted by atomic mass is 16.7. The molecular weight excluding hydrogens is 192 g/mol. The molecule has 0 spiro atoms. The fraction of sp³-hybridized carbons (Fsp3) is 0.750. The summed E-state index contributed by atoms with van der Waals surface area (Å²) in [6.45, 7) is 5.82. The quantitative estimate of drug-likeness (QED) is 0.351. The molecule has 0 fully saturated rings. The number of rotatable bonds is 8. The Morgan fingerprint density at radius 3 is 2.53 bits per heavy atom. The van der Waals surface area contributed by atoms with Gasteiger partial charge in [-0.15, -0.1) is 0 Å². The second-order valence-electron chi connectivity index (χ2n) is 3.55. The predicted octanol–water partition coefficient (Wildman–Crippen LogP) is 3.68. The van der Waals surface area contributed by atoms with Crippen LogP contribution in [0.3, 0.4) is 0 Å². The van der Waals surface area contributed by atoms with Crippen LogP contribution in [0, 0.1) is 0 Å². The van der Waals surface area contributed by atoms with Gasteiger partial charge in [-0.25, -0.2) is 4.79 Å². The van der Waals surface area contributed by atoms with Crippen molar-refractivity contribution in [2.45, 2.75) is 51.6 Å². The lowest BCUT2D eigenvalue weighted by Gasteiger charge is -2.12. The third-order valence-electron chi connectivity index (χ3n) is 2.27. The van der Waals surface area contributed by atoms with Crippen LogP contribution in [0.4, 0.5) is 4.79 Å². The molecule has 0 aromatic carbocycles. The summed E-state index contributed by atoms with van der Waals surface area (Å²) < 4.78 is 9.39. The van der Waals surface area contributed by atoms with Gasteiger partial charge >= 0.3 is 6.16 Å². The van der Waals surface area contributed by atoms with Gasteiger partial charge in [-0.05, 0) is 12.8 Å². The summed E-state index contributed by atoms with van der Waals surface area (Å²) in [6, 6.07) is 0. The summed E-state index contributed by atoms with van der Waals surface area (Å²) in [5.74, 6) is 0. The summed E-state index contributed by atoms with van der Waals surface area (Å²) >= 11 is 0. The summed E-state index contributed by atoms with van der Waals surface area (Å²) in [6.07, 6.45) is 7.65. The molecular formula is C12H22O3. The highest BCUT2D eigenvalue weighted by Gasteiger charge is 2.09. The molecule has 0 aliphatic carbocycles. The Kier molecular flexibility index (Phi) is 8.93. The van der Waals surface area contributed by atoms with Gasteiger partial charge in [0.15, 0.2) is 0 Å². The van der Waals surface area contributed by atoms with E-state index >= 15 is 0 Å². The molecule has 0 heterocycles. The first-order chi connectivity index (χ1) is 7.24. The smallest absolute Gasteiger partial charge is 0.438 e. The minimum Gasteiger partial charge on any atom is -0.438 e. The van der Waals surface area contributed by atoms with Crippen LogP contribution in [-0.4, -0.2) is 19.4 Å². The van der Waals surface area contributed by atoms with Crippen molar-refractivity contribution in [3.63, 3.8) is 0 Å². The van der Waals surface area contributed by atoms with Crippen LogP contribution in [0.1, 0.15) is 45.4 Å². The lowest BCUT2D eigenvalue weighted by atomic mass is 10.1. The van der Waals surface area contributed by atoms with Crippen molar-refractivity contribution >= 4 is 6.16 Å². The van der Waals surface area contributed by atoms with E-state index in [1.54, 1.807) is 6.08 Å². The molecule has 0 aromatic rings. The van der Waals surface area contributed by atoms with Crippen molar-refractivity contribution in [1.29, 1.82) is 0 Å². The van der Waals surface area contributed by atoms with Crippen molar-refractivity contribution in [3.8, 4) is 0 Å². The van der Waals surface area contributed by atoms with E-state index in [4.69, 9.17) is 4.74 Å². The van der Waals surface area contributed by atoms with E-state index in [9.17, 15) is 4.79 Å². The average Bonchev–Trinajstić information content (AvgIpc) is 2.26. The Morgan fingerprint density at radius 1 is 1.33 bits per heavy atom. The number of methoxy groups -OCH3 is 1. The van der Waals surface area contributed by atoms with Gasteiger partial charge in [-0.2, -0.15) is 0 Å². The van der Waals surface area contributed by atoms with Gasteiger partial charge in [0.2, 0.25) is 0 Å². The van der Waals surface area contributed by atoms with E-state index in [0.717, 1.165) is 12.8 Å². The SMILES string of the molecule is C=CC(CCCCCCC)OC(=O)OC. The summed E-state index contributed by atoms with van der Waals surface area (Å²) in [5, 5.41) is 0. The van der Waals surface area contributed by atoms with E-state index in [1.807, 2.05) is 0 Å². The van der Waals surface area contributed by atoms with Gasteiger partial charge in [0.25, 0.3) is 0 Å². The van der Waals surface area contributed by atoms with Gasteiger partial charge in [0.05, 0.1) is 7.11 Å². The van der Waals surface area contributed by atoms with Crippen LogP contribution in [0.5, 0.6) is 0 Å². The number of unbranched alkanes of at least 4 members (excludes halogenated alkanes) is 4. The summed E-state index contributed by atoms with van der Waals surface area (Å²) in [5.41, 5.74) is 0. The normalized spacial score (nSPS) is 11.9. The molecule has 1 unspecified atom stereocenters. The molecule has 3 heteroatoms. The van der Waals surface area contributed by atoms with Gasteiger partial charge in [0.1, 0.15) is 6.10 Å². The maximum Gasteiger partial charge on any atom is 0.508 e. The second-order valence-corrected chi connectivity index (χ2v) is 3.55. The first kappa shape index (κ1) is 14.0. The third-order valence-corrected chi connectivity index (χ3v) is 2.27. The van der Waals surface area contributed by atoms with Gasteiger partial charge in [-0.1, -0.05) is 45.3 Å². The molecule has 88 valence electrons. The molecule has 15 heavy (non-hydrogen) atoms. The number of carbonyl (C=O) groups excluding carboxylic acids is 1.